The summed E-state index contributed by atoms with van der Waals surface area (Å²) >= 11 is 0. The van der Waals surface area contributed by atoms with Crippen LogP contribution >= 0.6 is 0 Å². The number of hydrogen-bond acceptors (Lipinski definition) is 4. The molecule has 0 fully saturated rings. The van der Waals surface area contributed by atoms with Gasteiger partial charge in [-0.3, -0.25) is 14.7 Å². The highest BCUT2D eigenvalue weighted by atomic mass is 16.3. The number of nitrogens with one attached hydrogen (secondary N) is 2. The molecule has 2 aromatic rings. The van der Waals surface area contributed by atoms with Gasteiger partial charge in [0, 0.05) is 18.8 Å². The predicted octanol–water partition coefficient (Wildman–Crippen LogP) is 1.54. The number of aliphatic hydroxyl groups excluding tert-OH is 1. The molecule has 7 heteroatoms. The number of likely N-dealkylation sites (N-methyl/N-ethyl adjacent to an activating group) is 1. The molecule has 1 aromatic heterocycles. The van der Waals surface area contributed by atoms with Gasteiger partial charge >= 0.3 is 0 Å². The van der Waals surface area contributed by atoms with Gasteiger partial charge in [-0.05, 0) is 24.1 Å². The molecule has 124 valence electrons. The minimum atomic E-state index is -0.533. The molecule has 3 rings (SSSR count). The van der Waals surface area contributed by atoms with Crippen LogP contribution in [0.1, 0.15) is 18.5 Å². The average molecular weight is 326 g/mol. The maximum atomic E-state index is 12.3. The lowest BCUT2D eigenvalue weighted by Gasteiger charge is -2.16. The number of carbonyl (C=O) groups is 2. The Kier molecular flexibility index (Phi) is 4.07. The van der Waals surface area contributed by atoms with Gasteiger partial charge in [0.1, 0.15) is 0 Å². The average Bonchev–Trinajstić information content (AvgIpc) is 3.20. The summed E-state index contributed by atoms with van der Waals surface area (Å²) in [5, 5.41) is 19.3. The van der Waals surface area contributed by atoms with Gasteiger partial charge in [-0.1, -0.05) is 18.2 Å². The Labute approximate surface area is 139 Å². The fraction of sp³-hybridized carbons (Fsp3) is 0.235. The normalized spacial score (nSPS) is 15.8. The number of carbonyl (C=O) groups excluding carboxylic acids is 2. The minimum absolute atomic E-state index is 0.0975. The molecule has 2 heterocycles. The van der Waals surface area contributed by atoms with Crippen molar-refractivity contribution in [1.29, 1.82) is 0 Å². The highest BCUT2D eigenvalue weighted by molar-refractivity contribution is 6.06. The molecule has 24 heavy (non-hydrogen) atoms. The number of aromatic nitrogens is 2. The van der Waals surface area contributed by atoms with Crippen molar-refractivity contribution in [1.82, 2.24) is 20.4 Å². The third kappa shape index (κ3) is 2.88. The Hall–Kier alpha value is -3.09. The summed E-state index contributed by atoms with van der Waals surface area (Å²) in [5.74, 6) is -1.45. The first kappa shape index (κ1) is 15.8. The first-order chi connectivity index (χ1) is 11.5. The summed E-state index contributed by atoms with van der Waals surface area (Å²) in [4.78, 5) is 25.2. The van der Waals surface area contributed by atoms with Gasteiger partial charge in [0.2, 0.25) is 0 Å². The molecule has 3 N–H and O–H groups in total. The van der Waals surface area contributed by atoms with Crippen LogP contribution in [-0.4, -0.2) is 45.6 Å². The van der Waals surface area contributed by atoms with Crippen LogP contribution in [0, 0.1) is 0 Å². The number of aromatic amines is 1. The van der Waals surface area contributed by atoms with Gasteiger partial charge in [-0.15, -0.1) is 0 Å². The third-order valence-electron chi connectivity index (χ3n) is 4.07. The molecule has 1 aromatic carbocycles. The Morgan fingerprint density at radius 1 is 1.42 bits per heavy atom. The van der Waals surface area contributed by atoms with Crippen LogP contribution in [-0.2, 0) is 9.59 Å². The van der Waals surface area contributed by atoms with Crippen LogP contribution in [0.5, 0.6) is 0 Å². The summed E-state index contributed by atoms with van der Waals surface area (Å²) in [6.45, 7) is 1.96. The Bertz CT molecular complexity index is 811. The minimum Gasteiger partial charge on any atom is -0.503 e. The third-order valence-corrected chi connectivity index (χ3v) is 4.07. The van der Waals surface area contributed by atoms with E-state index in [2.05, 4.69) is 15.5 Å². The van der Waals surface area contributed by atoms with Gasteiger partial charge in [0.15, 0.2) is 5.76 Å². The number of aliphatic hydroxyl groups is 1. The smallest absolute Gasteiger partial charge is 0.289 e. The van der Waals surface area contributed by atoms with Crippen LogP contribution < -0.4 is 5.32 Å². The number of H-pyrrole nitrogens is 1. The lowest BCUT2D eigenvalue weighted by Crippen LogP contribution is -2.30. The molecular weight excluding hydrogens is 308 g/mol. The van der Waals surface area contributed by atoms with Gasteiger partial charge in [0.05, 0.1) is 24.4 Å². The summed E-state index contributed by atoms with van der Waals surface area (Å²) in [6, 6.07) is 7.47. The standard InChI is InChI=1S/C17H18N4O3/c1-10(20-16(23)14-9-21(2)17(24)15(14)22)11-4-3-5-12(6-11)13-7-18-19-8-13/h3-8,10,22H,9H2,1-2H3,(H,18,19)(H,20,23)/t10-/m1/s1. The number of amides is 2. The monoisotopic (exact) mass is 326 g/mol. The Balaban J connectivity index is 1.76. The number of rotatable bonds is 4. The molecule has 0 spiro atoms. The van der Waals surface area contributed by atoms with E-state index in [0.717, 1.165) is 16.7 Å². The number of benzene rings is 1. The van der Waals surface area contributed by atoms with Crippen molar-refractivity contribution in [3.63, 3.8) is 0 Å². The highest BCUT2D eigenvalue weighted by Crippen LogP contribution is 2.23. The predicted molar refractivity (Wildman–Crippen MR) is 87.9 cm³/mol. The van der Waals surface area contributed by atoms with E-state index in [-0.39, 0.29) is 18.2 Å². The fourth-order valence-corrected chi connectivity index (χ4v) is 2.64. The Morgan fingerprint density at radius 2 is 2.21 bits per heavy atom. The van der Waals surface area contributed by atoms with Crippen LogP contribution in [0.2, 0.25) is 0 Å². The van der Waals surface area contributed by atoms with Crippen molar-refractivity contribution in [2.24, 2.45) is 0 Å². The maximum Gasteiger partial charge on any atom is 0.289 e. The van der Waals surface area contributed by atoms with Crippen LogP contribution in [0.15, 0.2) is 48.0 Å². The van der Waals surface area contributed by atoms with Crippen LogP contribution in [0.4, 0.5) is 0 Å². The first-order valence-corrected chi connectivity index (χ1v) is 7.55. The molecule has 0 saturated heterocycles. The van der Waals surface area contributed by atoms with E-state index in [0.29, 0.717) is 0 Å². The second-order valence-electron chi connectivity index (χ2n) is 5.80. The molecular formula is C17H18N4O3. The molecule has 0 aliphatic carbocycles. The van der Waals surface area contributed by atoms with E-state index < -0.39 is 17.6 Å². The molecule has 0 bridgehead atoms. The molecule has 1 aliphatic heterocycles. The summed E-state index contributed by atoms with van der Waals surface area (Å²) in [6.07, 6.45) is 3.52. The molecule has 7 nitrogen and oxygen atoms in total. The van der Waals surface area contributed by atoms with Gasteiger partial charge in [0.25, 0.3) is 11.8 Å². The summed E-state index contributed by atoms with van der Waals surface area (Å²) in [7, 11) is 1.54. The van der Waals surface area contributed by atoms with E-state index in [9.17, 15) is 14.7 Å². The van der Waals surface area contributed by atoms with E-state index in [4.69, 9.17) is 0 Å². The first-order valence-electron chi connectivity index (χ1n) is 7.55. The zero-order valence-corrected chi connectivity index (χ0v) is 13.4. The molecule has 1 aliphatic rings. The molecule has 0 unspecified atom stereocenters. The van der Waals surface area contributed by atoms with Crippen LogP contribution in [0.3, 0.4) is 0 Å². The Morgan fingerprint density at radius 3 is 2.83 bits per heavy atom. The SMILES string of the molecule is C[C@@H](NC(=O)C1=C(O)C(=O)N(C)C1)c1cccc(-c2cn[nH]c2)c1. The molecule has 0 saturated carbocycles. The van der Waals surface area contributed by atoms with Crippen molar-refractivity contribution < 1.29 is 14.7 Å². The zero-order valence-electron chi connectivity index (χ0n) is 13.4. The largest absolute Gasteiger partial charge is 0.503 e. The van der Waals surface area contributed by atoms with E-state index in [1.807, 2.05) is 31.2 Å². The summed E-state index contributed by atoms with van der Waals surface area (Å²) < 4.78 is 0. The van der Waals surface area contributed by atoms with Gasteiger partial charge in [-0.2, -0.15) is 5.10 Å². The van der Waals surface area contributed by atoms with E-state index in [1.165, 1.54) is 11.9 Å². The van der Waals surface area contributed by atoms with Gasteiger partial charge < -0.3 is 15.3 Å². The van der Waals surface area contributed by atoms with E-state index >= 15 is 0 Å². The topological polar surface area (TPSA) is 98.3 Å². The molecule has 2 amide bonds. The molecule has 0 radical (unpaired) electrons. The summed E-state index contributed by atoms with van der Waals surface area (Å²) in [5.41, 5.74) is 2.96. The molecule has 1 atom stereocenters. The quantitative estimate of drug-likeness (QED) is 0.793. The second kappa shape index (κ2) is 6.19. The number of hydrogen-bond donors (Lipinski definition) is 3. The van der Waals surface area contributed by atoms with Crippen molar-refractivity contribution in [3.8, 4) is 11.1 Å². The lowest BCUT2D eigenvalue weighted by molar-refractivity contribution is -0.126. The van der Waals surface area contributed by atoms with Crippen molar-refractivity contribution in [2.45, 2.75) is 13.0 Å². The zero-order chi connectivity index (χ0) is 17.3. The van der Waals surface area contributed by atoms with Crippen LogP contribution in [0.25, 0.3) is 11.1 Å². The van der Waals surface area contributed by atoms with E-state index in [1.54, 1.807) is 12.4 Å². The fourth-order valence-electron chi connectivity index (χ4n) is 2.64. The van der Waals surface area contributed by atoms with Gasteiger partial charge in [-0.25, -0.2) is 0 Å². The van der Waals surface area contributed by atoms with Crippen molar-refractivity contribution in [2.75, 3.05) is 13.6 Å². The lowest BCUT2D eigenvalue weighted by atomic mass is 10.0. The highest BCUT2D eigenvalue weighted by Gasteiger charge is 2.32. The number of nitrogens with zero attached hydrogens (tertiary/aromatic N) is 2. The maximum absolute atomic E-state index is 12.3. The van der Waals surface area contributed by atoms with Crippen molar-refractivity contribution >= 4 is 11.8 Å². The second-order valence-corrected chi connectivity index (χ2v) is 5.80. The van der Waals surface area contributed by atoms with Crippen molar-refractivity contribution in [3.05, 3.63) is 53.6 Å².